The molecule has 40 heavy (non-hydrogen) atoms. The Morgan fingerprint density at radius 3 is 2.08 bits per heavy atom. The minimum atomic E-state index is -1.16. The van der Waals surface area contributed by atoms with Crippen LogP contribution >= 0.6 is 11.3 Å². The van der Waals surface area contributed by atoms with Crippen molar-refractivity contribution in [1.29, 1.82) is 0 Å². The highest BCUT2D eigenvalue weighted by molar-refractivity contribution is 7.17. The van der Waals surface area contributed by atoms with Gasteiger partial charge in [0.15, 0.2) is 16.6 Å². The van der Waals surface area contributed by atoms with E-state index in [2.05, 4.69) is 4.98 Å². The molecular weight excluding hydrogens is 540 g/mol. The number of ether oxygens (including phenoxy) is 5. The average Bonchev–Trinajstić information content (AvgIpc) is 3.47. The van der Waals surface area contributed by atoms with Gasteiger partial charge in [-0.3, -0.25) is 14.5 Å². The molecule has 2 aromatic carbocycles. The molecule has 3 aromatic rings. The largest absolute Gasteiger partial charge is 0.507 e. The van der Waals surface area contributed by atoms with Gasteiger partial charge in [-0.1, -0.05) is 11.3 Å². The summed E-state index contributed by atoms with van der Waals surface area (Å²) < 4.78 is 26.6. The van der Waals surface area contributed by atoms with Crippen LogP contribution in [0.5, 0.6) is 23.0 Å². The Morgan fingerprint density at radius 2 is 1.55 bits per heavy atom. The van der Waals surface area contributed by atoms with Gasteiger partial charge in [0.25, 0.3) is 5.78 Å². The molecule has 1 N–H and O–H groups in total. The molecule has 0 aliphatic carbocycles. The van der Waals surface area contributed by atoms with E-state index < -0.39 is 29.5 Å². The third-order valence-electron chi connectivity index (χ3n) is 6.48. The van der Waals surface area contributed by atoms with Gasteiger partial charge in [-0.25, -0.2) is 9.78 Å². The highest BCUT2D eigenvalue weighted by atomic mass is 32.1. The number of amides is 1. The van der Waals surface area contributed by atoms with E-state index in [0.717, 1.165) is 16.2 Å². The maximum atomic E-state index is 13.6. The van der Waals surface area contributed by atoms with E-state index in [-0.39, 0.29) is 27.1 Å². The maximum absolute atomic E-state index is 13.6. The third kappa shape index (κ3) is 4.70. The van der Waals surface area contributed by atoms with Gasteiger partial charge in [-0.2, -0.15) is 0 Å². The number of hydrogen-bond acceptors (Lipinski definition) is 11. The first-order valence-corrected chi connectivity index (χ1v) is 12.7. The smallest absolute Gasteiger partial charge is 0.350 e. The quantitative estimate of drug-likeness (QED) is 0.182. The molecule has 0 radical (unpaired) electrons. The number of methoxy groups -OCH3 is 5. The highest BCUT2D eigenvalue weighted by Crippen LogP contribution is 2.48. The number of aromatic nitrogens is 1. The first-order valence-electron chi connectivity index (χ1n) is 11.9. The molecular formula is C28H28N2O9S. The number of aryl methyl sites for hydroxylation is 2. The summed E-state index contributed by atoms with van der Waals surface area (Å²) in [4.78, 5) is 45.2. The molecule has 1 unspecified atom stereocenters. The second-order valence-corrected chi connectivity index (χ2v) is 9.69. The van der Waals surface area contributed by atoms with E-state index in [1.165, 1.54) is 35.5 Å². The molecule has 11 nitrogen and oxygen atoms in total. The molecule has 210 valence electrons. The fourth-order valence-corrected chi connectivity index (χ4v) is 5.56. The standard InChI is InChI=1S/C28H28N2O9S/c1-13-10-15(8-9-17(13)35-3)22(31)20-21(16-11-18(36-4)24(38-6)19(12-16)37-5)30(26(33)23(20)32)28-29-14(2)25(40-28)27(34)39-7/h8-12,21,31H,1-7H3. The number of hydrogen-bond donors (Lipinski definition) is 1. The second-order valence-electron chi connectivity index (χ2n) is 8.71. The van der Waals surface area contributed by atoms with Crippen molar-refractivity contribution in [2.24, 2.45) is 0 Å². The minimum Gasteiger partial charge on any atom is -0.507 e. The molecule has 1 amide bonds. The van der Waals surface area contributed by atoms with Crippen LogP contribution in [-0.2, 0) is 14.3 Å². The third-order valence-corrected chi connectivity index (χ3v) is 7.61. The zero-order chi connectivity index (χ0) is 29.3. The van der Waals surface area contributed by atoms with Crippen LogP contribution in [0.4, 0.5) is 5.13 Å². The van der Waals surface area contributed by atoms with Gasteiger partial charge in [0.2, 0.25) is 5.75 Å². The Hall–Kier alpha value is -4.58. The predicted molar refractivity (Wildman–Crippen MR) is 147 cm³/mol. The van der Waals surface area contributed by atoms with Crippen molar-refractivity contribution in [2.75, 3.05) is 40.4 Å². The fraction of sp³-hybridized carbons (Fsp3) is 0.286. The molecule has 1 aromatic heterocycles. The van der Waals surface area contributed by atoms with Gasteiger partial charge in [0.1, 0.15) is 16.4 Å². The first kappa shape index (κ1) is 28.4. The zero-order valence-corrected chi connectivity index (χ0v) is 23.8. The Bertz CT molecular complexity index is 1520. The van der Waals surface area contributed by atoms with Crippen molar-refractivity contribution in [1.82, 2.24) is 4.98 Å². The van der Waals surface area contributed by atoms with Crippen LogP contribution < -0.4 is 23.8 Å². The molecule has 1 aliphatic heterocycles. The van der Waals surface area contributed by atoms with Crippen molar-refractivity contribution in [2.45, 2.75) is 19.9 Å². The van der Waals surface area contributed by atoms with Crippen LogP contribution in [0.3, 0.4) is 0 Å². The molecule has 1 aliphatic rings. The van der Waals surface area contributed by atoms with Gasteiger partial charge < -0.3 is 28.8 Å². The predicted octanol–water partition coefficient (Wildman–Crippen LogP) is 4.21. The van der Waals surface area contributed by atoms with E-state index in [1.54, 1.807) is 44.2 Å². The molecule has 1 saturated heterocycles. The molecule has 2 heterocycles. The number of esters is 1. The molecule has 1 atom stereocenters. The Morgan fingerprint density at radius 1 is 0.925 bits per heavy atom. The number of nitrogens with zero attached hydrogens (tertiary/aromatic N) is 2. The van der Waals surface area contributed by atoms with Crippen molar-refractivity contribution >= 4 is 39.9 Å². The number of Topliss-reactive ketones (excluding diaryl/α,β-unsaturated/α-hetero) is 1. The number of thiazole rings is 1. The Kier molecular flexibility index (Phi) is 8.01. The number of anilines is 1. The van der Waals surface area contributed by atoms with Crippen LogP contribution in [-0.4, -0.2) is 63.3 Å². The minimum absolute atomic E-state index is 0.0729. The summed E-state index contributed by atoms with van der Waals surface area (Å²) in [7, 11) is 7.08. The number of carbonyl (C=O) groups is 3. The molecule has 4 rings (SSSR count). The number of ketones is 1. The zero-order valence-electron chi connectivity index (χ0n) is 23.0. The summed E-state index contributed by atoms with van der Waals surface area (Å²) in [6.45, 7) is 3.38. The molecule has 12 heteroatoms. The molecule has 0 bridgehead atoms. The van der Waals surface area contributed by atoms with E-state index >= 15 is 0 Å². The van der Waals surface area contributed by atoms with Gasteiger partial charge in [-0.15, -0.1) is 0 Å². The monoisotopic (exact) mass is 568 g/mol. The highest BCUT2D eigenvalue weighted by Gasteiger charge is 2.49. The average molecular weight is 569 g/mol. The number of aliphatic hydroxyl groups excluding tert-OH is 1. The number of aliphatic hydroxyl groups is 1. The number of rotatable bonds is 8. The van der Waals surface area contributed by atoms with Gasteiger partial charge in [0, 0.05) is 5.56 Å². The van der Waals surface area contributed by atoms with Crippen LogP contribution in [0.1, 0.15) is 38.1 Å². The van der Waals surface area contributed by atoms with E-state index in [1.807, 2.05) is 0 Å². The van der Waals surface area contributed by atoms with Crippen molar-refractivity contribution in [3.63, 3.8) is 0 Å². The van der Waals surface area contributed by atoms with Crippen LogP contribution in [0.25, 0.3) is 5.76 Å². The number of carbonyl (C=O) groups excluding carboxylic acids is 3. The van der Waals surface area contributed by atoms with E-state index in [0.29, 0.717) is 33.9 Å². The van der Waals surface area contributed by atoms with Crippen molar-refractivity contribution in [3.8, 4) is 23.0 Å². The van der Waals surface area contributed by atoms with Crippen LogP contribution in [0.2, 0.25) is 0 Å². The normalized spacial score (nSPS) is 16.2. The van der Waals surface area contributed by atoms with E-state index in [4.69, 9.17) is 23.7 Å². The van der Waals surface area contributed by atoms with Gasteiger partial charge in [-0.05, 0) is 55.3 Å². The van der Waals surface area contributed by atoms with Crippen LogP contribution in [0, 0.1) is 13.8 Å². The molecule has 0 spiro atoms. The topological polar surface area (TPSA) is 134 Å². The fourth-order valence-electron chi connectivity index (χ4n) is 4.55. The summed E-state index contributed by atoms with van der Waals surface area (Å²) >= 11 is 0.897. The van der Waals surface area contributed by atoms with E-state index in [9.17, 15) is 19.5 Å². The van der Waals surface area contributed by atoms with Gasteiger partial charge >= 0.3 is 11.9 Å². The summed E-state index contributed by atoms with van der Waals surface area (Å²) in [5.41, 5.74) is 1.52. The SMILES string of the molecule is COC(=O)c1sc(N2C(=O)C(=O)C(=C(O)c3ccc(OC)c(C)c3)C2c2cc(OC)c(OC)c(OC)c2)nc1C. The lowest BCUT2D eigenvalue weighted by Crippen LogP contribution is -2.29. The van der Waals surface area contributed by atoms with Crippen molar-refractivity contribution in [3.05, 3.63) is 63.2 Å². The Balaban J connectivity index is 2.02. The lowest BCUT2D eigenvalue weighted by atomic mass is 9.94. The lowest BCUT2D eigenvalue weighted by molar-refractivity contribution is -0.132. The lowest BCUT2D eigenvalue weighted by Gasteiger charge is -2.24. The van der Waals surface area contributed by atoms with Gasteiger partial charge in [0.05, 0.1) is 52.9 Å². The summed E-state index contributed by atoms with van der Waals surface area (Å²) in [5.74, 6) is -1.46. The summed E-state index contributed by atoms with van der Waals surface area (Å²) in [5, 5.41) is 11.6. The van der Waals surface area contributed by atoms with Crippen LogP contribution in [0.15, 0.2) is 35.9 Å². The summed E-state index contributed by atoms with van der Waals surface area (Å²) in [6.07, 6.45) is 0. The van der Waals surface area contributed by atoms with Crippen molar-refractivity contribution < 1.29 is 43.2 Å². The first-order chi connectivity index (χ1) is 19.1. The Labute approximate surface area is 234 Å². The maximum Gasteiger partial charge on any atom is 0.350 e. The molecule has 1 fully saturated rings. The second kappa shape index (κ2) is 11.3. The molecule has 0 saturated carbocycles. The summed E-state index contributed by atoms with van der Waals surface area (Å²) in [6, 6.07) is 6.90. The number of benzene rings is 2.